The summed E-state index contributed by atoms with van der Waals surface area (Å²) in [5.74, 6) is -2.26. The lowest BCUT2D eigenvalue weighted by Gasteiger charge is -2.11. The molecular weight excluding hydrogens is 290 g/mol. The number of nitrogens with one attached hydrogen (secondary N) is 1. The zero-order chi connectivity index (χ0) is 15.3. The lowest BCUT2D eigenvalue weighted by molar-refractivity contribution is -0.137. The van der Waals surface area contributed by atoms with Crippen molar-refractivity contribution in [1.29, 1.82) is 0 Å². The molecule has 0 saturated carbocycles. The average molecular weight is 303 g/mol. The largest absolute Gasteiger partial charge is 0.497 e. The van der Waals surface area contributed by atoms with Crippen LogP contribution in [0.2, 0.25) is 0 Å². The first-order valence-electron chi connectivity index (χ1n) is 5.36. The number of carboxylic acids is 2. The molecule has 1 rings (SSSR count). The van der Waals surface area contributed by atoms with Gasteiger partial charge >= 0.3 is 11.9 Å². The first-order valence-corrected chi connectivity index (χ1v) is 6.84. The average Bonchev–Trinajstić information content (AvgIpc) is 2.35. The van der Waals surface area contributed by atoms with E-state index < -0.39 is 34.9 Å². The summed E-state index contributed by atoms with van der Waals surface area (Å²) in [5, 5.41) is 17.3. The summed E-state index contributed by atoms with van der Waals surface area (Å²) >= 11 is 0. The van der Waals surface area contributed by atoms with E-state index in [9.17, 15) is 18.0 Å². The topological polar surface area (TPSA) is 130 Å². The monoisotopic (exact) mass is 303 g/mol. The summed E-state index contributed by atoms with van der Waals surface area (Å²) < 4.78 is 30.6. The molecule has 0 amide bonds. The van der Waals surface area contributed by atoms with Crippen LogP contribution >= 0.6 is 0 Å². The molecule has 0 aliphatic heterocycles. The summed E-state index contributed by atoms with van der Waals surface area (Å²) in [6.45, 7) is -0.791. The highest BCUT2D eigenvalue weighted by atomic mass is 32.2. The Balaban J connectivity index is 3.21. The number of rotatable bonds is 7. The summed E-state index contributed by atoms with van der Waals surface area (Å²) in [7, 11) is -2.75. The molecule has 3 N–H and O–H groups in total. The molecule has 1 aromatic rings. The van der Waals surface area contributed by atoms with Crippen molar-refractivity contribution in [2.45, 2.75) is 11.3 Å². The van der Waals surface area contributed by atoms with Crippen molar-refractivity contribution >= 4 is 22.0 Å². The molecule has 0 unspecified atom stereocenters. The van der Waals surface area contributed by atoms with Crippen LogP contribution in [0.1, 0.15) is 5.56 Å². The molecule has 110 valence electrons. The third-order valence-corrected chi connectivity index (χ3v) is 3.81. The van der Waals surface area contributed by atoms with Crippen LogP contribution in [-0.4, -0.2) is 44.2 Å². The highest BCUT2D eigenvalue weighted by Crippen LogP contribution is 2.22. The minimum atomic E-state index is -4.11. The molecule has 0 aromatic heterocycles. The van der Waals surface area contributed by atoms with Crippen LogP contribution in [0.5, 0.6) is 5.75 Å². The Morgan fingerprint density at radius 2 is 1.90 bits per heavy atom. The predicted octanol–water partition coefficient (Wildman–Crippen LogP) is -0.315. The van der Waals surface area contributed by atoms with E-state index in [1.165, 1.54) is 25.3 Å². The van der Waals surface area contributed by atoms with Gasteiger partial charge in [0.05, 0.1) is 18.4 Å². The van der Waals surface area contributed by atoms with E-state index in [0.717, 1.165) is 0 Å². The fourth-order valence-electron chi connectivity index (χ4n) is 1.48. The van der Waals surface area contributed by atoms with Crippen LogP contribution in [0.15, 0.2) is 23.1 Å². The van der Waals surface area contributed by atoms with Gasteiger partial charge in [-0.25, -0.2) is 8.42 Å². The zero-order valence-electron chi connectivity index (χ0n) is 10.5. The van der Waals surface area contributed by atoms with Gasteiger partial charge in [-0.1, -0.05) is 0 Å². The molecular formula is C11H13NO7S. The van der Waals surface area contributed by atoms with E-state index in [2.05, 4.69) is 0 Å². The highest BCUT2D eigenvalue weighted by molar-refractivity contribution is 7.89. The first-order chi connectivity index (χ1) is 9.26. The number of hydrogen-bond acceptors (Lipinski definition) is 5. The summed E-state index contributed by atoms with van der Waals surface area (Å²) in [6.07, 6.45) is -0.527. The van der Waals surface area contributed by atoms with Crippen molar-refractivity contribution in [2.24, 2.45) is 0 Å². The Morgan fingerprint density at radius 3 is 2.40 bits per heavy atom. The normalized spacial score (nSPS) is 11.1. The molecule has 8 nitrogen and oxygen atoms in total. The second-order valence-corrected chi connectivity index (χ2v) is 5.50. The quantitative estimate of drug-likeness (QED) is 0.629. The SMILES string of the molecule is COc1ccc(S(=O)(=O)NCC(=O)O)c(CC(=O)O)c1. The number of aliphatic carboxylic acids is 2. The predicted molar refractivity (Wildman–Crippen MR) is 67.2 cm³/mol. The van der Waals surface area contributed by atoms with Crippen LogP contribution < -0.4 is 9.46 Å². The molecule has 0 spiro atoms. The minimum absolute atomic E-state index is 0.00902. The number of hydrogen-bond donors (Lipinski definition) is 3. The Bertz CT molecular complexity index is 624. The smallest absolute Gasteiger partial charge is 0.318 e. The van der Waals surface area contributed by atoms with Crippen molar-refractivity contribution < 1.29 is 33.0 Å². The molecule has 0 fully saturated rings. The number of methoxy groups -OCH3 is 1. The third-order valence-electron chi connectivity index (χ3n) is 2.31. The number of benzene rings is 1. The van der Waals surface area contributed by atoms with Crippen molar-refractivity contribution in [3.05, 3.63) is 23.8 Å². The fourth-order valence-corrected chi connectivity index (χ4v) is 2.67. The number of ether oxygens (including phenoxy) is 1. The Kier molecular flexibility index (Phi) is 5.06. The van der Waals surface area contributed by atoms with Gasteiger partial charge in [0, 0.05) is 0 Å². The molecule has 20 heavy (non-hydrogen) atoms. The van der Waals surface area contributed by atoms with E-state index in [1.807, 2.05) is 4.72 Å². The molecule has 0 bridgehead atoms. The van der Waals surface area contributed by atoms with E-state index in [1.54, 1.807) is 0 Å². The van der Waals surface area contributed by atoms with Crippen molar-refractivity contribution in [2.75, 3.05) is 13.7 Å². The second-order valence-electron chi connectivity index (χ2n) is 3.76. The lowest BCUT2D eigenvalue weighted by Crippen LogP contribution is -2.30. The zero-order valence-corrected chi connectivity index (χ0v) is 11.3. The maximum Gasteiger partial charge on any atom is 0.318 e. The van der Waals surface area contributed by atoms with Gasteiger partial charge in [-0.2, -0.15) is 4.72 Å². The van der Waals surface area contributed by atoms with Crippen LogP contribution in [0.4, 0.5) is 0 Å². The van der Waals surface area contributed by atoms with Crippen LogP contribution in [0.3, 0.4) is 0 Å². The fraction of sp³-hybridized carbons (Fsp3) is 0.273. The second kappa shape index (κ2) is 6.35. The molecule has 0 aliphatic carbocycles. The van der Waals surface area contributed by atoms with Crippen molar-refractivity contribution in [1.82, 2.24) is 4.72 Å². The Labute approximate surface area is 115 Å². The summed E-state index contributed by atoms with van der Waals surface area (Å²) in [5.41, 5.74) is 0.00902. The number of carboxylic acid groups (broad SMARTS) is 2. The van der Waals surface area contributed by atoms with E-state index >= 15 is 0 Å². The summed E-state index contributed by atoms with van der Waals surface area (Å²) in [4.78, 5) is 20.9. The molecule has 0 saturated heterocycles. The van der Waals surface area contributed by atoms with Gasteiger partial charge in [0.1, 0.15) is 12.3 Å². The molecule has 9 heteroatoms. The van der Waals surface area contributed by atoms with Gasteiger partial charge in [0.2, 0.25) is 10.0 Å². The van der Waals surface area contributed by atoms with Crippen molar-refractivity contribution in [3.63, 3.8) is 0 Å². The van der Waals surface area contributed by atoms with Gasteiger partial charge in [0.25, 0.3) is 0 Å². The minimum Gasteiger partial charge on any atom is -0.497 e. The van der Waals surface area contributed by atoms with Crippen LogP contribution in [-0.2, 0) is 26.0 Å². The molecule has 0 atom stereocenters. The maximum atomic E-state index is 11.9. The maximum absolute atomic E-state index is 11.9. The van der Waals surface area contributed by atoms with Gasteiger partial charge in [0.15, 0.2) is 0 Å². The van der Waals surface area contributed by atoms with E-state index in [-0.39, 0.29) is 10.5 Å². The van der Waals surface area contributed by atoms with Crippen molar-refractivity contribution in [3.8, 4) is 5.75 Å². The Hall–Kier alpha value is -2.13. The number of sulfonamides is 1. The van der Waals surface area contributed by atoms with Gasteiger partial charge in [-0.05, 0) is 23.8 Å². The van der Waals surface area contributed by atoms with Gasteiger partial charge in [-0.3, -0.25) is 9.59 Å². The standard InChI is InChI=1S/C11H13NO7S/c1-19-8-2-3-9(7(4-8)5-10(13)14)20(17,18)12-6-11(15)16/h2-4,12H,5-6H2,1H3,(H,13,14)(H,15,16). The summed E-state index contributed by atoms with van der Waals surface area (Å²) in [6, 6.07) is 3.80. The van der Waals surface area contributed by atoms with E-state index in [0.29, 0.717) is 5.75 Å². The molecule has 1 aromatic carbocycles. The van der Waals surface area contributed by atoms with Gasteiger partial charge < -0.3 is 14.9 Å². The highest BCUT2D eigenvalue weighted by Gasteiger charge is 2.21. The first kappa shape index (κ1) is 15.9. The molecule has 0 heterocycles. The van der Waals surface area contributed by atoms with Crippen LogP contribution in [0, 0.1) is 0 Å². The third kappa shape index (κ3) is 4.21. The Morgan fingerprint density at radius 1 is 1.25 bits per heavy atom. The van der Waals surface area contributed by atoms with Gasteiger partial charge in [-0.15, -0.1) is 0 Å². The molecule has 0 aliphatic rings. The number of carbonyl (C=O) groups is 2. The molecule has 0 radical (unpaired) electrons. The van der Waals surface area contributed by atoms with Crippen LogP contribution in [0.25, 0.3) is 0 Å². The lowest BCUT2D eigenvalue weighted by atomic mass is 10.1. The van der Waals surface area contributed by atoms with E-state index in [4.69, 9.17) is 14.9 Å².